The Labute approximate surface area is 127 Å². The van der Waals surface area contributed by atoms with Crippen molar-refractivity contribution in [2.24, 2.45) is 11.5 Å². The summed E-state index contributed by atoms with van der Waals surface area (Å²) in [6, 6.07) is -1.06. The van der Waals surface area contributed by atoms with E-state index in [0.29, 0.717) is 0 Å². The Bertz CT molecular complexity index is 356. The average molecular weight is 324 g/mol. The van der Waals surface area contributed by atoms with Crippen LogP contribution < -0.4 is 11.5 Å². The van der Waals surface area contributed by atoms with Crippen LogP contribution >= 0.6 is 0 Å². The molecule has 1 fully saturated rings. The summed E-state index contributed by atoms with van der Waals surface area (Å²) in [4.78, 5) is 10.7. The minimum absolute atomic E-state index is 0.0152. The van der Waals surface area contributed by atoms with Crippen LogP contribution in [0.3, 0.4) is 0 Å². The van der Waals surface area contributed by atoms with Crippen LogP contribution in [0.1, 0.15) is 12.8 Å². The zero-order valence-corrected chi connectivity index (χ0v) is 12.0. The molecule has 9 N–H and O–H groups in total. The highest BCUT2D eigenvalue weighted by Crippen LogP contribution is 2.23. The largest absolute Gasteiger partial charge is 0.480 e. The van der Waals surface area contributed by atoms with Crippen molar-refractivity contribution in [3.8, 4) is 0 Å². The van der Waals surface area contributed by atoms with Gasteiger partial charge in [-0.05, 0) is 12.8 Å². The molecular formula is C12H24N2O8. The molecule has 0 spiro atoms. The first-order chi connectivity index (χ1) is 10.3. The Kier molecular flexibility index (Phi) is 7.59. The summed E-state index contributed by atoms with van der Waals surface area (Å²) in [5, 5.41) is 46.9. The molecule has 10 nitrogen and oxygen atoms in total. The molecule has 1 rings (SSSR count). The molecule has 0 unspecified atom stereocenters. The zero-order chi connectivity index (χ0) is 16.9. The molecule has 1 aliphatic heterocycles. The summed E-state index contributed by atoms with van der Waals surface area (Å²) in [5.74, 6) is -1.15. The topological polar surface area (TPSA) is 189 Å². The summed E-state index contributed by atoms with van der Waals surface area (Å²) in [7, 11) is 0. The first-order valence-electron chi connectivity index (χ1n) is 6.96. The van der Waals surface area contributed by atoms with Gasteiger partial charge in [0, 0.05) is 6.54 Å². The van der Waals surface area contributed by atoms with Crippen LogP contribution in [0.4, 0.5) is 0 Å². The lowest BCUT2D eigenvalue weighted by Crippen LogP contribution is -2.60. The SMILES string of the molecule is NC[C@@H](CC[C@H](N)C(=O)O)O[C@@H]1O[C@H](CO)[C@H](O)[C@H](O)[C@H]1O. The number of hydrogen-bond donors (Lipinski definition) is 7. The first-order valence-corrected chi connectivity index (χ1v) is 6.96. The first kappa shape index (κ1) is 19.2. The smallest absolute Gasteiger partial charge is 0.320 e. The molecule has 0 aromatic heterocycles. The van der Waals surface area contributed by atoms with Gasteiger partial charge in [0.15, 0.2) is 6.29 Å². The molecule has 1 saturated heterocycles. The van der Waals surface area contributed by atoms with E-state index in [0.717, 1.165) is 0 Å². The Morgan fingerprint density at radius 2 is 1.82 bits per heavy atom. The molecule has 1 aliphatic rings. The third kappa shape index (κ3) is 4.83. The van der Waals surface area contributed by atoms with Gasteiger partial charge in [-0.1, -0.05) is 0 Å². The van der Waals surface area contributed by atoms with E-state index in [1.807, 2.05) is 0 Å². The van der Waals surface area contributed by atoms with Gasteiger partial charge >= 0.3 is 5.97 Å². The quantitative estimate of drug-likeness (QED) is 0.234. The predicted octanol–water partition coefficient (Wildman–Crippen LogP) is -3.68. The van der Waals surface area contributed by atoms with E-state index in [4.69, 9.17) is 31.2 Å². The Morgan fingerprint density at radius 3 is 2.32 bits per heavy atom. The molecule has 10 heteroatoms. The van der Waals surface area contributed by atoms with E-state index in [9.17, 15) is 20.1 Å². The summed E-state index contributed by atoms with van der Waals surface area (Å²) in [6.07, 6.45) is -7.28. The number of carboxylic acids is 1. The van der Waals surface area contributed by atoms with Gasteiger partial charge < -0.3 is 46.5 Å². The molecule has 0 amide bonds. The molecule has 22 heavy (non-hydrogen) atoms. The van der Waals surface area contributed by atoms with Gasteiger partial charge in [-0.2, -0.15) is 0 Å². The van der Waals surface area contributed by atoms with E-state index in [1.54, 1.807) is 0 Å². The van der Waals surface area contributed by atoms with Gasteiger partial charge in [-0.25, -0.2) is 0 Å². The maximum absolute atomic E-state index is 10.7. The molecular weight excluding hydrogens is 300 g/mol. The van der Waals surface area contributed by atoms with Crippen molar-refractivity contribution in [3.05, 3.63) is 0 Å². The molecule has 0 radical (unpaired) electrons. The van der Waals surface area contributed by atoms with Crippen LogP contribution in [-0.2, 0) is 14.3 Å². The van der Waals surface area contributed by atoms with Gasteiger partial charge in [-0.15, -0.1) is 0 Å². The minimum Gasteiger partial charge on any atom is -0.480 e. The molecule has 0 saturated carbocycles. The van der Waals surface area contributed by atoms with Crippen LogP contribution in [-0.4, -0.2) is 87.5 Å². The normalized spacial score (nSPS) is 35.1. The lowest BCUT2D eigenvalue weighted by Gasteiger charge is -2.40. The Balaban J connectivity index is 2.59. The summed E-state index contributed by atoms with van der Waals surface area (Å²) in [6.45, 7) is -0.552. The van der Waals surface area contributed by atoms with Crippen molar-refractivity contribution in [2.45, 2.75) is 55.7 Å². The Morgan fingerprint density at radius 1 is 1.18 bits per heavy atom. The summed E-state index contributed by atoms with van der Waals surface area (Å²) >= 11 is 0. The maximum atomic E-state index is 10.7. The fourth-order valence-corrected chi connectivity index (χ4v) is 2.10. The predicted molar refractivity (Wildman–Crippen MR) is 72.5 cm³/mol. The number of carbonyl (C=O) groups is 1. The van der Waals surface area contributed by atoms with E-state index >= 15 is 0 Å². The van der Waals surface area contributed by atoms with Crippen molar-refractivity contribution < 1.29 is 39.8 Å². The molecule has 0 aromatic carbocycles. The Hall–Kier alpha value is -0.850. The van der Waals surface area contributed by atoms with Crippen LogP contribution in [0.15, 0.2) is 0 Å². The van der Waals surface area contributed by atoms with Crippen molar-refractivity contribution in [1.82, 2.24) is 0 Å². The monoisotopic (exact) mass is 324 g/mol. The van der Waals surface area contributed by atoms with Crippen LogP contribution in [0.25, 0.3) is 0 Å². The van der Waals surface area contributed by atoms with Crippen molar-refractivity contribution in [2.75, 3.05) is 13.2 Å². The third-order valence-electron chi connectivity index (χ3n) is 3.55. The average Bonchev–Trinajstić information content (AvgIpc) is 2.50. The number of rotatable bonds is 8. The van der Waals surface area contributed by atoms with Crippen molar-refractivity contribution in [1.29, 1.82) is 0 Å². The summed E-state index contributed by atoms with van der Waals surface area (Å²) in [5.41, 5.74) is 10.9. The van der Waals surface area contributed by atoms with Gasteiger partial charge in [0.05, 0.1) is 12.7 Å². The van der Waals surface area contributed by atoms with E-state index in [-0.39, 0.29) is 19.4 Å². The maximum Gasteiger partial charge on any atom is 0.320 e. The molecule has 0 aliphatic carbocycles. The second-order valence-corrected chi connectivity index (χ2v) is 5.21. The van der Waals surface area contributed by atoms with Crippen molar-refractivity contribution >= 4 is 5.97 Å². The zero-order valence-electron chi connectivity index (χ0n) is 12.0. The number of ether oxygens (including phenoxy) is 2. The minimum atomic E-state index is -1.55. The van der Waals surface area contributed by atoms with Crippen LogP contribution in [0.5, 0.6) is 0 Å². The number of aliphatic hydroxyl groups excluding tert-OH is 4. The molecule has 0 aromatic rings. The lowest BCUT2D eigenvalue weighted by atomic mass is 9.99. The molecule has 130 valence electrons. The number of carboxylic acid groups (broad SMARTS) is 1. The van der Waals surface area contributed by atoms with Gasteiger partial charge in [0.2, 0.25) is 0 Å². The molecule has 1 heterocycles. The highest BCUT2D eigenvalue weighted by atomic mass is 16.7. The van der Waals surface area contributed by atoms with E-state index < -0.39 is 55.4 Å². The number of hydrogen-bond acceptors (Lipinski definition) is 9. The summed E-state index contributed by atoms with van der Waals surface area (Å²) < 4.78 is 10.6. The fraction of sp³-hybridized carbons (Fsp3) is 0.917. The van der Waals surface area contributed by atoms with Crippen LogP contribution in [0.2, 0.25) is 0 Å². The number of aliphatic hydroxyl groups is 4. The van der Waals surface area contributed by atoms with Crippen molar-refractivity contribution in [3.63, 3.8) is 0 Å². The van der Waals surface area contributed by atoms with E-state index in [2.05, 4.69) is 0 Å². The highest BCUT2D eigenvalue weighted by molar-refractivity contribution is 5.72. The highest BCUT2D eigenvalue weighted by Gasteiger charge is 2.44. The molecule has 7 atom stereocenters. The van der Waals surface area contributed by atoms with Gasteiger partial charge in [0.1, 0.15) is 30.5 Å². The van der Waals surface area contributed by atoms with E-state index in [1.165, 1.54) is 0 Å². The van der Waals surface area contributed by atoms with Gasteiger partial charge in [0.25, 0.3) is 0 Å². The second kappa shape index (κ2) is 8.70. The fourth-order valence-electron chi connectivity index (χ4n) is 2.10. The standard InChI is InChI=1S/C12H24N2O8/c13-3-5(1-2-6(14)11(19)20)21-12-10(18)9(17)8(16)7(4-15)22-12/h5-10,12,15-18H,1-4,13-14H2,(H,19,20)/t5-,6+,7-,8+,9+,10-,12-/m1/s1. The third-order valence-corrected chi connectivity index (χ3v) is 3.55. The molecule has 0 bridgehead atoms. The second-order valence-electron chi connectivity index (χ2n) is 5.21. The lowest BCUT2D eigenvalue weighted by molar-refractivity contribution is -0.310. The van der Waals surface area contributed by atoms with Crippen LogP contribution in [0, 0.1) is 0 Å². The number of aliphatic carboxylic acids is 1. The number of nitrogens with two attached hydrogens (primary N) is 2. The van der Waals surface area contributed by atoms with Gasteiger partial charge in [-0.3, -0.25) is 4.79 Å².